The van der Waals surface area contributed by atoms with Crippen LogP contribution in [0.5, 0.6) is 0 Å². The van der Waals surface area contributed by atoms with Gasteiger partial charge in [0, 0.05) is 18.8 Å². The highest BCUT2D eigenvalue weighted by Gasteiger charge is 2.34. The molecule has 34 heavy (non-hydrogen) atoms. The predicted molar refractivity (Wildman–Crippen MR) is 126 cm³/mol. The smallest absolute Gasteiger partial charge is 0.339 e. The van der Waals surface area contributed by atoms with Crippen LogP contribution in [-0.4, -0.2) is 56.0 Å². The Morgan fingerprint density at radius 1 is 0.853 bits per heavy atom. The molecule has 1 N–H and O–H groups in total. The summed E-state index contributed by atoms with van der Waals surface area (Å²) >= 11 is 0. The molecular formula is C26H24N2O6. The molecule has 0 unspecified atom stereocenters. The van der Waals surface area contributed by atoms with Gasteiger partial charge in [-0.05, 0) is 53.9 Å². The monoisotopic (exact) mass is 460 g/mol. The number of hydrogen-bond donors (Lipinski definition) is 1. The van der Waals surface area contributed by atoms with Crippen molar-refractivity contribution in [1.29, 1.82) is 0 Å². The molecule has 0 spiro atoms. The maximum absolute atomic E-state index is 12.4. The summed E-state index contributed by atoms with van der Waals surface area (Å²) in [6.07, 6.45) is 1.36. The van der Waals surface area contributed by atoms with Crippen molar-refractivity contribution in [2.45, 2.75) is 12.8 Å². The van der Waals surface area contributed by atoms with E-state index in [0.29, 0.717) is 36.0 Å². The average Bonchev–Trinajstić information content (AvgIpc) is 3.11. The predicted octanol–water partition coefficient (Wildman–Crippen LogP) is 3.90. The minimum Gasteiger partial charge on any atom is -0.465 e. The first-order valence-corrected chi connectivity index (χ1v) is 10.9. The van der Waals surface area contributed by atoms with E-state index in [1.165, 1.54) is 19.1 Å². The van der Waals surface area contributed by atoms with E-state index in [1.807, 2.05) is 12.1 Å². The minimum absolute atomic E-state index is 0.139. The van der Waals surface area contributed by atoms with E-state index in [4.69, 9.17) is 9.47 Å². The highest BCUT2D eigenvalue weighted by Crippen LogP contribution is 2.27. The van der Waals surface area contributed by atoms with Gasteiger partial charge in [0.25, 0.3) is 11.8 Å². The number of fused-ring (bicyclic) bond motifs is 2. The maximum Gasteiger partial charge on any atom is 0.339 e. The number of esters is 2. The van der Waals surface area contributed by atoms with E-state index >= 15 is 0 Å². The van der Waals surface area contributed by atoms with E-state index in [0.717, 1.165) is 17.5 Å². The third-order valence-corrected chi connectivity index (χ3v) is 5.83. The minimum atomic E-state index is -0.621. The number of carbonyl (C=O) groups is 4. The number of nitrogens with zero attached hydrogens (tertiary/aromatic N) is 1. The SMILES string of the molecule is COC(=O)c1ccc2ccc(NCCCCN3C(=O)c4ccccc4C3=O)cc2c1C(=O)OC. The van der Waals surface area contributed by atoms with Crippen LogP contribution in [0.2, 0.25) is 0 Å². The first-order chi connectivity index (χ1) is 16.5. The van der Waals surface area contributed by atoms with Crippen molar-refractivity contribution >= 4 is 40.2 Å². The van der Waals surface area contributed by atoms with E-state index in [-0.39, 0.29) is 22.9 Å². The molecule has 3 aromatic carbocycles. The second-order valence-corrected chi connectivity index (χ2v) is 7.85. The molecule has 0 fully saturated rings. The first-order valence-electron chi connectivity index (χ1n) is 10.9. The average molecular weight is 460 g/mol. The molecule has 0 radical (unpaired) electrons. The van der Waals surface area contributed by atoms with Crippen molar-refractivity contribution in [3.05, 3.63) is 76.9 Å². The zero-order chi connectivity index (χ0) is 24.2. The molecule has 0 saturated carbocycles. The summed E-state index contributed by atoms with van der Waals surface area (Å²) < 4.78 is 9.70. The lowest BCUT2D eigenvalue weighted by atomic mass is 9.98. The lowest BCUT2D eigenvalue weighted by Crippen LogP contribution is -2.30. The van der Waals surface area contributed by atoms with Crippen LogP contribution in [0.4, 0.5) is 5.69 Å². The van der Waals surface area contributed by atoms with Crippen molar-refractivity contribution in [3.8, 4) is 0 Å². The zero-order valence-corrected chi connectivity index (χ0v) is 18.9. The summed E-state index contributed by atoms with van der Waals surface area (Å²) in [4.78, 5) is 50.8. The largest absolute Gasteiger partial charge is 0.465 e. The van der Waals surface area contributed by atoms with E-state index in [1.54, 1.807) is 42.5 Å². The summed E-state index contributed by atoms with van der Waals surface area (Å²) in [5.41, 5.74) is 1.96. The Morgan fingerprint density at radius 3 is 2.15 bits per heavy atom. The summed E-state index contributed by atoms with van der Waals surface area (Å²) in [5, 5.41) is 4.65. The van der Waals surface area contributed by atoms with Crippen LogP contribution in [0.1, 0.15) is 54.3 Å². The van der Waals surface area contributed by atoms with Crippen LogP contribution in [0.25, 0.3) is 10.8 Å². The molecule has 0 atom stereocenters. The highest BCUT2D eigenvalue weighted by atomic mass is 16.5. The number of benzene rings is 3. The van der Waals surface area contributed by atoms with Crippen molar-refractivity contribution in [2.75, 3.05) is 32.6 Å². The molecule has 0 aliphatic carbocycles. The normalized spacial score (nSPS) is 12.6. The molecule has 0 bridgehead atoms. The summed E-state index contributed by atoms with van der Waals surface area (Å²) in [5.74, 6) is -1.74. The molecule has 1 aliphatic rings. The second-order valence-electron chi connectivity index (χ2n) is 7.85. The molecule has 0 aromatic heterocycles. The third kappa shape index (κ3) is 4.22. The molecule has 2 amide bonds. The van der Waals surface area contributed by atoms with Crippen LogP contribution < -0.4 is 5.32 Å². The van der Waals surface area contributed by atoms with Crippen LogP contribution in [-0.2, 0) is 9.47 Å². The highest BCUT2D eigenvalue weighted by molar-refractivity contribution is 6.21. The van der Waals surface area contributed by atoms with Crippen LogP contribution in [0, 0.1) is 0 Å². The van der Waals surface area contributed by atoms with Crippen molar-refractivity contribution in [2.24, 2.45) is 0 Å². The van der Waals surface area contributed by atoms with Crippen molar-refractivity contribution in [3.63, 3.8) is 0 Å². The summed E-state index contributed by atoms with van der Waals surface area (Å²) in [6, 6.07) is 15.7. The van der Waals surface area contributed by atoms with Gasteiger partial charge >= 0.3 is 11.9 Å². The van der Waals surface area contributed by atoms with Crippen molar-refractivity contribution < 1.29 is 28.7 Å². The Balaban J connectivity index is 1.41. The van der Waals surface area contributed by atoms with Gasteiger partial charge < -0.3 is 14.8 Å². The number of unbranched alkanes of at least 4 members (excludes halogenated alkanes) is 1. The Labute approximate surface area is 196 Å². The maximum atomic E-state index is 12.4. The first kappa shape index (κ1) is 23.0. The van der Waals surface area contributed by atoms with Crippen LogP contribution in [0.3, 0.4) is 0 Å². The van der Waals surface area contributed by atoms with Gasteiger partial charge in [-0.1, -0.05) is 24.3 Å². The molecular weight excluding hydrogens is 436 g/mol. The standard InChI is InChI=1S/C26H24N2O6/c1-33-25(31)20-12-10-16-9-11-17(15-21(16)22(20)26(32)34-2)27-13-5-6-14-28-23(29)18-7-3-4-8-19(18)24(28)30/h3-4,7-12,15,27H,5-6,13-14H2,1-2H3. The van der Waals surface area contributed by atoms with E-state index in [2.05, 4.69) is 5.32 Å². The topological polar surface area (TPSA) is 102 Å². The number of nitrogens with one attached hydrogen (secondary N) is 1. The summed E-state index contributed by atoms with van der Waals surface area (Å²) in [7, 11) is 2.52. The van der Waals surface area contributed by atoms with E-state index in [9.17, 15) is 19.2 Å². The summed E-state index contributed by atoms with van der Waals surface area (Å²) in [6.45, 7) is 0.944. The third-order valence-electron chi connectivity index (χ3n) is 5.83. The molecule has 0 saturated heterocycles. The Kier molecular flexibility index (Phi) is 6.58. The number of rotatable bonds is 8. The molecule has 8 heteroatoms. The molecule has 1 aliphatic heterocycles. The van der Waals surface area contributed by atoms with Gasteiger partial charge in [-0.3, -0.25) is 14.5 Å². The number of amides is 2. The number of carbonyl (C=O) groups excluding carboxylic acids is 4. The van der Waals surface area contributed by atoms with Gasteiger partial charge in [0.15, 0.2) is 0 Å². The number of methoxy groups -OCH3 is 2. The number of hydrogen-bond acceptors (Lipinski definition) is 7. The number of anilines is 1. The second kappa shape index (κ2) is 9.74. The fraction of sp³-hybridized carbons (Fsp3) is 0.231. The Morgan fingerprint density at radius 2 is 1.50 bits per heavy atom. The lowest BCUT2D eigenvalue weighted by molar-refractivity contribution is 0.0557. The Hall–Kier alpha value is -4.20. The number of imide groups is 1. The molecule has 1 heterocycles. The van der Waals surface area contributed by atoms with Gasteiger partial charge in [-0.2, -0.15) is 0 Å². The fourth-order valence-corrected chi connectivity index (χ4v) is 4.10. The van der Waals surface area contributed by atoms with Crippen LogP contribution >= 0.6 is 0 Å². The lowest BCUT2D eigenvalue weighted by Gasteiger charge is -2.14. The van der Waals surface area contributed by atoms with E-state index < -0.39 is 11.9 Å². The van der Waals surface area contributed by atoms with Gasteiger partial charge in [-0.15, -0.1) is 0 Å². The molecule has 8 nitrogen and oxygen atoms in total. The zero-order valence-electron chi connectivity index (χ0n) is 18.9. The fourth-order valence-electron chi connectivity index (χ4n) is 4.10. The molecule has 174 valence electrons. The quantitative estimate of drug-likeness (QED) is 0.309. The van der Waals surface area contributed by atoms with Gasteiger partial charge in [0.1, 0.15) is 0 Å². The Bertz CT molecular complexity index is 1260. The molecule has 3 aromatic rings. The van der Waals surface area contributed by atoms with Gasteiger partial charge in [-0.25, -0.2) is 9.59 Å². The van der Waals surface area contributed by atoms with Gasteiger partial charge in [0.05, 0.1) is 36.5 Å². The van der Waals surface area contributed by atoms with Crippen molar-refractivity contribution in [1.82, 2.24) is 4.90 Å². The number of ether oxygens (including phenoxy) is 2. The van der Waals surface area contributed by atoms with Gasteiger partial charge in [0.2, 0.25) is 0 Å². The van der Waals surface area contributed by atoms with Crippen LogP contribution in [0.15, 0.2) is 54.6 Å². The molecule has 4 rings (SSSR count).